The van der Waals surface area contributed by atoms with E-state index in [0.717, 1.165) is 10.2 Å². The van der Waals surface area contributed by atoms with Crippen molar-refractivity contribution in [3.05, 3.63) is 51.7 Å². The molecule has 0 radical (unpaired) electrons. The van der Waals surface area contributed by atoms with Crippen LogP contribution in [0.25, 0.3) is 0 Å². The van der Waals surface area contributed by atoms with E-state index in [0.29, 0.717) is 6.42 Å². The van der Waals surface area contributed by atoms with Gasteiger partial charge in [0.2, 0.25) is 5.91 Å². The van der Waals surface area contributed by atoms with Crippen molar-refractivity contribution in [2.24, 2.45) is 23.2 Å². The fourth-order valence-electron chi connectivity index (χ4n) is 4.64. The first kappa shape index (κ1) is 25.2. The third kappa shape index (κ3) is 5.06. The maximum absolute atomic E-state index is 12.8. The van der Waals surface area contributed by atoms with E-state index in [1.54, 1.807) is 12.4 Å². The first-order chi connectivity index (χ1) is 15.4. The van der Waals surface area contributed by atoms with Crippen molar-refractivity contribution >= 4 is 23.2 Å². The zero-order chi connectivity index (χ0) is 24.6. The van der Waals surface area contributed by atoms with Crippen LogP contribution in [0.4, 0.5) is 5.69 Å². The normalized spacial score (nSPS) is 27.6. The van der Waals surface area contributed by atoms with Crippen LogP contribution in [0.15, 0.2) is 35.5 Å². The standard InChI is InChI=1S/C24H34ClN5O3/c1-14-11-24(33,16(3)15(2)23(14,5)6)29-19-12-27-30(22(32)21(19)25)13-20(31)28-17(4)18-7-9-26-10-8-18/h7-10,12,14-17,29,33H,11,13H2,1-6H3,(H,28,31)/t14-,15+,16+,17?,24?/m0/s1. The Morgan fingerprint density at radius 3 is 2.55 bits per heavy atom. The van der Waals surface area contributed by atoms with E-state index in [4.69, 9.17) is 11.6 Å². The smallest absolute Gasteiger partial charge is 0.288 e. The second-order valence-electron chi connectivity index (χ2n) is 9.96. The number of amides is 1. The molecule has 9 heteroatoms. The highest BCUT2D eigenvalue weighted by Gasteiger charge is 2.51. The SMILES string of the molecule is CC(NC(=O)Cn1ncc(NC2(O)C[C@H](C)C(C)(C)[C@H](C)[C@H]2C)c(Cl)c1=O)c1ccncc1. The van der Waals surface area contributed by atoms with E-state index < -0.39 is 11.3 Å². The molecule has 1 saturated carbocycles. The minimum atomic E-state index is -1.23. The summed E-state index contributed by atoms with van der Waals surface area (Å²) in [5, 5.41) is 21.4. The molecular formula is C24H34ClN5O3. The van der Waals surface area contributed by atoms with E-state index in [1.807, 2.05) is 26.0 Å². The fourth-order valence-corrected chi connectivity index (χ4v) is 4.84. The summed E-state index contributed by atoms with van der Waals surface area (Å²) in [6.45, 7) is 12.3. The van der Waals surface area contributed by atoms with Gasteiger partial charge in [0.25, 0.3) is 5.56 Å². The van der Waals surface area contributed by atoms with Crippen molar-refractivity contribution in [3.8, 4) is 0 Å². The number of anilines is 1. The molecule has 2 unspecified atom stereocenters. The molecule has 2 aromatic heterocycles. The molecule has 180 valence electrons. The molecule has 0 aliphatic heterocycles. The molecule has 5 atom stereocenters. The number of halogens is 1. The van der Waals surface area contributed by atoms with Gasteiger partial charge in [-0.2, -0.15) is 5.10 Å². The lowest BCUT2D eigenvalue weighted by atomic mass is 9.57. The number of carbonyl (C=O) groups excluding carboxylic acids is 1. The van der Waals surface area contributed by atoms with E-state index in [9.17, 15) is 14.7 Å². The molecule has 3 rings (SSSR count). The van der Waals surface area contributed by atoms with Crippen LogP contribution in [0, 0.1) is 23.2 Å². The highest BCUT2D eigenvalue weighted by molar-refractivity contribution is 6.32. The number of carbonyl (C=O) groups is 1. The third-order valence-electron chi connectivity index (χ3n) is 7.78. The second-order valence-corrected chi connectivity index (χ2v) is 10.3. The van der Waals surface area contributed by atoms with Crippen molar-refractivity contribution in [1.82, 2.24) is 20.1 Å². The van der Waals surface area contributed by atoms with Gasteiger partial charge in [0.15, 0.2) is 0 Å². The summed E-state index contributed by atoms with van der Waals surface area (Å²) in [6, 6.07) is 3.38. The summed E-state index contributed by atoms with van der Waals surface area (Å²) in [6.07, 6.45) is 5.21. The minimum Gasteiger partial charge on any atom is -0.371 e. The third-order valence-corrected chi connectivity index (χ3v) is 8.14. The molecule has 1 fully saturated rings. The van der Waals surface area contributed by atoms with Crippen LogP contribution in [0.3, 0.4) is 0 Å². The molecule has 0 bridgehead atoms. The molecule has 8 nitrogen and oxygen atoms in total. The van der Waals surface area contributed by atoms with Crippen LogP contribution in [-0.4, -0.2) is 31.5 Å². The van der Waals surface area contributed by atoms with Crippen molar-refractivity contribution in [2.45, 2.75) is 66.3 Å². The quantitative estimate of drug-likeness (QED) is 0.550. The summed E-state index contributed by atoms with van der Waals surface area (Å²) in [4.78, 5) is 29.2. The van der Waals surface area contributed by atoms with Gasteiger partial charge in [-0.3, -0.25) is 14.6 Å². The van der Waals surface area contributed by atoms with Crippen LogP contribution < -0.4 is 16.2 Å². The number of aromatic nitrogens is 3. The van der Waals surface area contributed by atoms with Gasteiger partial charge in [-0.15, -0.1) is 0 Å². The van der Waals surface area contributed by atoms with Crippen LogP contribution >= 0.6 is 11.6 Å². The van der Waals surface area contributed by atoms with Gasteiger partial charge >= 0.3 is 0 Å². The Labute approximate surface area is 199 Å². The summed E-state index contributed by atoms with van der Waals surface area (Å²) in [5.74, 6) is 0.0362. The molecule has 0 saturated heterocycles. The Kier molecular flexibility index (Phi) is 7.19. The van der Waals surface area contributed by atoms with E-state index in [-0.39, 0.29) is 52.4 Å². The van der Waals surface area contributed by atoms with E-state index in [1.165, 1.54) is 6.20 Å². The van der Waals surface area contributed by atoms with Crippen molar-refractivity contribution in [1.29, 1.82) is 0 Å². The van der Waals surface area contributed by atoms with Gasteiger partial charge in [0.05, 0.1) is 17.9 Å². The van der Waals surface area contributed by atoms with Crippen LogP contribution in [0.5, 0.6) is 0 Å². The highest BCUT2D eigenvalue weighted by Crippen LogP contribution is 2.51. The van der Waals surface area contributed by atoms with Gasteiger partial charge in [-0.1, -0.05) is 46.2 Å². The molecule has 1 amide bonds. The number of pyridine rings is 1. The van der Waals surface area contributed by atoms with Gasteiger partial charge < -0.3 is 15.7 Å². The van der Waals surface area contributed by atoms with Crippen molar-refractivity contribution < 1.29 is 9.90 Å². The Morgan fingerprint density at radius 1 is 1.27 bits per heavy atom. The van der Waals surface area contributed by atoms with Gasteiger partial charge in [0.1, 0.15) is 17.3 Å². The van der Waals surface area contributed by atoms with Crippen LogP contribution in [-0.2, 0) is 11.3 Å². The largest absolute Gasteiger partial charge is 0.371 e. The molecule has 33 heavy (non-hydrogen) atoms. The van der Waals surface area contributed by atoms with Gasteiger partial charge in [0, 0.05) is 18.3 Å². The van der Waals surface area contributed by atoms with E-state index >= 15 is 0 Å². The maximum Gasteiger partial charge on any atom is 0.288 e. The number of nitrogens with one attached hydrogen (secondary N) is 2. The average Bonchev–Trinajstić information content (AvgIpc) is 2.77. The summed E-state index contributed by atoms with van der Waals surface area (Å²) in [7, 11) is 0. The lowest BCUT2D eigenvalue weighted by Crippen LogP contribution is -2.57. The molecule has 1 aliphatic rings. The number of nitrogens with zero attached hydrogens (tertiary/aromatic N) is 3. The van der Waals surface area contributed by atoms with Gasteiger partial charge in [-0.05, 0) is 48.3 Å². The van der Waals surface area contributed by atoms with Crippen molar-refractivity contribution in [3.63, 3.8) is 0 Å². The monoisotopic (exact) mass is 475 g/mol. The predicted octanol–water partition coefficient (Wildman–Crippen LogP) is 3.61. The molecule has 1 aliphatic carbocycles. The minimum absolute atomic E-state index is 0.0690. The molecule has 3 N–H and O–H groups in total. The summed E-state index contributed by atoms with van der Waals surface area (Å²) in [5.41, 5.74) is -0.591. The lowest BCUT2D eigenvalue weighted by Gasteiger charge is -2.54. The Hall–Kier alpha value is -2.45. The Bertz CT molecular complexity index is 1060. The Balaban J connectivity index is 1.74. The molecular weight excluding hydrogens is 442 g/mol. The maximum atomic E-state index is 12.8. The Morgan fingerprint density at radius 2 is 1.91 bits per heavy atom. The average molecular weight is 476 g/mol. The summed E-state index contributed by atoms with van der Waals surface area (Å²) < 4.78 is 1.02. The predicted molar refractivity (Wildman–Crippen MR) is 129 cm³/mol. The number of hydrogen-bond donors (Lipinski definition) is 3. The molecule has 0 aromatic carbocycles. The first-order valence-corrected chi connectivity index (χ1v) is 11.7. The highest BCUT2D eigenvalue weighted by atomic mass is 35.5. The first-order valence-electron chi connectivity index (χ1n) is 11.3. The zero-order valence-corrected chi connectivity index (χ0v) is 20.8. The fraction of sp³-hybridized carbons (Fsp3) is 0.583. The molecule has 0 spiro atoms. The van der Waals surface area contributed by atoms with Crippen LogP contribution in [0.2, 0.25) is 5.02 Å². The topological polar surface area (TPSA) is 109 Å². The number of aliphatic hydroxyl groups is 1. The second kappa shape index (κ2) is 9.43. The summed E-state index contributed by atoms with van der Waals surface area (Å²) >= 11 is 6.36. The molecule has 2 heterocycles. The number of rotatable bonds is 6. The van der Waals surface area contributed by atoms with E-state index in [2.05, 4.69) is 48.4 Å². The lowest BCUT2D eigenvalue weighted by molar-refractivity contribution is -0.122. The van der Waals surface area contributed by atoms with Crippen LogP contribution in [0.1, 0.15) is 59.6 Å². The molecule has 2 aromatic rings. The van der Waals surface area contributed by atoms with Crippen molar-refractivity contribution in [2.75, 3.05) is 5.32 Å². The van der Waals surface area contributed by atoms with Gasteiger partial charge in [-0.25, -0.2) is 4.68 Å². The number of hydrogen-bond acceptors (Lipinski definition) is 6. The zero-order valence-electron chi connectivity index (χ0n) is 20.1.